The summed E-state index contributed by atoms with van der Waals surface area (Å²) in [5.41, 5.74) is 6.20. The molecule has 9 heteroatoms. The molecule has 0 radical (unpaired) electrons. The van der Waals surface area contributed by atoms with Crippen LogP contribution in [0.2, 0.25) is 5.02 Å². The minimum absolute atomic E-state index is 0.00128. The smallest absolute Gasteiger partial charge is 0.384 e. The first-order valence-electron chi connectivity index (χ1n) is 10.8. The Kier molecular flexibility index (Phi) is 6.07. The first-order valence-corrected chi connectivity index (χ1v) is 12.0. The minimum atomic E-state index is -4.60. The van der Waals surface area contributed by atoms with Gasteiger partial charge in [0.15, 0.2) is 5.78 Å². The van der Waals surface area contributed by atoms with Crippen molar-refractivity contribution in [1.29, 1.82) is 5.26 Å². The second kappa shape index (κ2) is 8.47. The van der Waals surface area contributed by atoms with E-state index in [2.05, 4.69) is 6.07 Å². The van der Waals surface area contributed by atoms with Gasteiger partial charge in [-0.3, -0.25) is 9.69 Å². The highest BCUT2D eigenvalue weighted by Gasteiger charge is 2.45. The van der Waals surface area contributed by atoms with Crippen molar-refractivity contribution >= 4 is 34.4 Å². The molecule has 0 saturated carbocycles. The van der Waals surface area contributed by atoms with Crippen LogP contribution in [0, 0.1) is 16.7 Å². The summed E-state index contributed by atoms with van der Waals surface area (Å²) in [6, 6.07) is 8.96. The Balaban J connectivity index is 2.01. The van der Waals surface area contributed by atoms with Gasteiger partial charge in [0.05, 0.1) is 33.8 Å². The van der Waals surface area contributed by atoms with Crippen LogP contribution >= 0.6 is 22.9 Å². The van der Waals surface area contributed by atoms with Gasteiger partial charge in [-0.25, -0.2) is 0 Å². The van der Waals surface area contributed by atoms with Gasteiger partial charge >= 0.3 is 6.18 Å². The van der Waals surface area contributed by atoms with Crippen LogP contribution in [0.15, 0.2) is 53.0 Å². The molecule has 0 amide bonds. The highest BCUT2D eigenvalue weighted by Crippen LogP contribution is 2.52. The molecule has 0 spiro atoms. The standard InChI is InChI=1S/C25H23ClF3N3OS/c1-4-14-6-8-20(34-14)21-15(12-30)23(31)32(18-10-24(2,3)11-19(33)22(18)21)17-9-13(25(27,28)29)5-7-16(17)26/h5-9,21H,4,10-11,31H2,1-3H3. The number of allylic oxidation sites excluding steroid dienone is 3. The summed E-state index contributed by atoms with van der Waals surface area (Å²) < 4.78 is 40.6. The molecule has 1 unspecified atom stereocenters. The fourth-order valence-electron chi connectivity index (χ4n) is 4.67. The van der Waals surface area contributed by atoms with E-state index in [1.54, 1.807) is 0 Å². The summed E-state index contributed by atoms with van der Waals surface area (Å²) in [6.45, 7) is 5.87. The van der Waals surface area contributed by atoms with Gasteiger partial charge in [-0.1, -0.05) is 32.4 Å². The van der Waals surface area contributed by atoms with Crippen molar-refractivity contribution in [2.24, 2.45) is 11.1 Å². The summed E-state index contributed by atoms with van der Waals surface area (Å²) in [7, 11) is 0. The zero-order valence-corrected chi connectivity index (χ0v) is 20.5. The van der Waals surface area contributed by atoms with Crippen molar-refractivity contribution in [3.63, 3.8) is 0 Å². The number of aryl methyl sites for hydroxylation is 1. The minimum Gasteiger partial charge on any atom is -0.384 e. The van der Waals surface area contributed by atoms with Gasteiger partial charge in [0.25, 0.3) is 0 Å². The average molecular weight is 506 g/mol. The number of benzene rings is 1. The first-order chi connectivity index (χ1) is 15.9. The van der Waals surface area contributed by atoms with Gasteiger partial charge in [0.1, 0.15) is 5.82 Å². The van der Waals surface area contributed by atoms with E-state index in [1.165, 1.54) is 16.2 Å². The number of nitrogens with two attached hydrogens (primary N) is 1. The van der Waals surface area contributed by atoms with Crippen LogP contribution in [0.3, 0.4) is 0 Å². The number of Topliss-reactive ketones (excluding diaryl/α,β-unsaturated/α-hetero) is 1. The largest absolute Gasteiger partial charge is 0.416 e. The lowest BCUT2D eigenvalue weighted by Gasteiger charge is -2.43. The zero-order valence-electron chi connectivity index (χ0n) is 18.9. The molecule has 0 fully saturated rings. The van der Waals surface area contributed by atoms with E-state index >= 15 is 0 Å². The van der Waals surface area contributed by atoms with E-state index in [0.29, 0.717) is 17.7 Å². The Hall–Kier alpha value is -2.76. The molecule has 2 N–H and O–H groups in total. The maximum Gasteiger partial charge on any atom is 0.416 e. The highest BCUT2D eigenvalue weighted by molar-refractivity contribution is 7.12. The fraction of sp³-hybridized carbons (Fsp3) is 0.360. The molecule has 1 aliphatic carbocycles. The highest BCUT2D eigenvalue weighted by atomic mass is 35.5. The number of hydrogen-bond acceptors (Lipinski definition) is 5. The molecule has 4 rings (SSSR count). The SMILES string of the molecule is CCc1ccc(C2C(C#N)=C(N)N(c3cc(C(F)(F)F)ccc3Cl)C3=C2C(=O)CC(C)(C)C3)s1. The predicted octanol–water partition coefficient (Wildman–Crippen LogP) is 6.92. The van der Waals surface area contributed by atoms with Gasteiger partial charge in [0, 0.05) is 27.4 Å². The number of anilines is 1. The van der Waals surface area contributed by atoms with Crippen LogP contribution in [0.4, 0.5) is 18.9 Å². The number of hydrogen-bond donors (Lipinski definition) is 1. The quantitative estimate of drug-likeness (QED) is 0.491. The molecule has 1 atom stereocenters. The number of alkyl halides is 3. The summed E-state index contributed by atoms with van der Waals surface area (Å²) >= 11 is 7.88. The number of nitriles is 1. The molecule has 1 aliphatic heterocycles. The maximum absolute atomic E-state index is 13.5. The van der Waals surface area contributed by atoms with Gasteiger partial charge in [-0.2, -0.15) is 18.4 Å². The predicted molar refractivity (Wildman–Crippen MR) is 127 cm³/mol. The molecule has 178 valence electrons. The monoisotopic (exact) mass is 505 g/mol. The lowest BCUT2D eigenvalue weighted by Crippen LogP contribution is -2.42. The van der Waals surface area contributed by atoms with Crippen molar-refractivity contribution in [3.8, 4) is 6.07 Å². The van der Waals surface area contributed by atoms with Crippen molar-refractivity contribution in [3.05, 3.63) is 73.3 Å². The van der Waals surface area contributed by atoms with Crippen LogP contribution in [0.1, 0.15) is 54.8 Å². The summed E-state index contributed by atoms with van der Waals surface area (Å²) in [4.78, 5) is 16.8. The molecule has 0 saturated heterocycles. The number of rotatable bonds is 3. The van der Waals surface area contributed by atoms with E-state index < -0.39 is 23.1 Å². The van der Waals surface area contributed by atoms with E-state index in [9.17, 15) is 23.2 Å². The number of thiophene rings is 1. The number of halogens is 4. The Bertz CT molecular complexity index is 1280. The fourth-order valence-corrected chi connectivity index (χ4v) is 5.94. The van der Waals surface area contributed by atoms with Crippen LogP contribution < -0.4 is 10.6 Å². The van der Waals surface area contributed by atoms with E-state index in [0.717, 1.165) is 34.4 Å². The van der Waals surface area contributed by atoms with E-state index in [1.807, 2.05) is 32.9 Å². The van der Waals surface area contributed by atoms with Crippen molar-refractivity contribution in [1.82, 2.24) is 0 Å². The molecule has 4 nitrogen and oxygen atoms in total. The van der Waals surface area contributed by atoms with Gasteiger partial charge in [0.2, 0.25) is 0 Å². The molecule has 0 bridgehead atoms. The molecule has 2 aliphatic rings. The lowest BCUT2D eigenvalue weighted by molar-refractivity contribution is -0.137. The summed E-state index contributed by atoms with van der Waals surface area (Å²) in [5, 5.41) is 10.1. The number of carbonyl (C=O) groups is 1. The maximum atomic E-state index is 13.5. The van der Waals surface area contributed by atoms with Gasteiger partial charge in [-0.15, -0.1) is 11.3 Å². The topological polar surface area (TPSA) is 70.1 Å². The third-order valence-electron chi connectivity index (χ3n) is 6.21. The molecular weight excluding hydrogens is 483 g/mol. The number of nitrogens with zero attached hydrogens (tertiary/aromatic N) is 2. The van der Waals surface area contributed by atoms with Gasteiger partial charge < -0.3 is 5.73 Å². The Morgan fingerprint density at radius 1 is 1.26 bits per heavy atom. The third kappa shape index (κ3) is 4.12. The van der Waals surface area contributed by atoms with Crippen LogP contribution in [0.5, 0.6) is 0 Å². The lowest BCUT2D eigenvalue weighted by atomic mass is 9.69. The van der Waals surface area contributed by atoms with Crippen LogP contribution in [0.25, 0.3) is 0 Å². The third-order valence-corrected chi connectivity index (χ3v) is 7.82. The Labute approximate surface area is 205 Å². The zero-order chi connectivity index (χ0) is 25.0. The summed E-state index contributed by atoms with van der Waals surface area (Å²) in [5.74, 6) is -0.810. The van der Waals surface area contributed by atoms with Gasteiger partial charge in [-0.05, 0) is 48.6 Å². The van der Waals surface area contributed by atoms with E-state index in [4.69, 9.17) is 17.3 Å². The van der Waals surface area contributed by atoms with Crippen molar-refractivity contribution in [2.75, 3.05) is 4.90 Å². The Morgan fingerprint density at radius 3 is 2.56 bits per heavy atom. The second-order valence-electron chi connectivity index (χ2n) is 9.30. The van der Waals surface area contributed by atoms with Crippen molar-refractivity contribution in [2.45, 2.75) is 52.1 Å². The van der Waals surface area contributed by atoms with Crippen LogP contribution in [-0.2, 0) is 17.4 Å². The molecule has 2 heterocycles. The number of carbonyl (C=O) groups excluding carboxylic acids is 1. The summed E-state index contributed by atoms with van der Waals surface area (Å²) in [6.07, 6.45) is -3.14. The molecule has 34 heavy (non-hydrogen) atoms. The first kappa shape index (κ1) is 24.4. The Morgan fingerprint density at radius 2 is 1.97 bits per heavy atom. The molecule has 2 aromatic rings. The van der Waals surface area contributed by atoms with Crippen molar-refractivity contribution < 1.29 is 18.0 Å². The second-order valence-corrected chi connectivity index (χ2v) is 10.9. The molecule has 1 aromatic carbocycles. The molecule has 1 aromatic heterocycles. The average Bonchev–Trinajstić information content (AvgIpc) is 3.21. The van der Waals surface area contributed by atoms with E-state index in [-0.39, 0.29) is 34.3 Å². The molecular formula is C25H23ClF3N3OS. The van der Waals surface area contributed by atoms with Crippen LogP contribution in [-0.4, -0.2) is 5.78 Å². The normalized spacial score (nSPS) is 20.5. The number of ketones is 1.